The van der Waals surface area contributed by atoms with Crippen molar-refractivity contribution in [1.29, 1.82) is 0 Å². The summed E-state index contributed by atoms with van der Waals surface area (Å²) >= 11 is 0. The summed E-state index contributed by atoms with van der Waals surface area (Å²) in [7, 11) is 0. The van der Waals surface area contributed by atoms with E-state index in [0.29, 0.717) is 16.8 Å². The fourth-order valence-corrected chi connectivity index (χ4v) is 3.09. The monoisotopic (exact) mass is 427 g/mol. The van der Waals surface area contributed by atoms with Crippen molar-refractivity contribution >= 4 is 10.9 Å². The normalized spacial score (nSPS) is 12.8. The Morgan fingerprint density at radius 1 is 1.13 bits per heavy atom. The minimum absolute atomic E-state index is 0.171. The number of aromatic nitrogens is 5. The second-order valence-electron chi connectivity index (χ2n) is 6.91. The zero-order chi connectivity index (χ0) is 22.2. The number of aliphatic hydroxyl groups is 1. The van der Waals surface area contributed by atoms with Crippen LogP contribution in [0.5, 0.6) is 0 Å². The first-order valence-electron chi connectivity index (χ1n) is 9.26. The van der Waals surface area contributed by atoms with Crippen LogP contribution >= 0.6 is 0 Å². The number of pyridine rings is 3. The molecule has 0 aliphatic carbocycles. The van der Waals surface area contributed by atoms with E-state index in [1.54, 1.807) is 31.5 Å². The molecule has 31 heavy (non-hydrogen) atoms. The fourth-order valence-electron chi connectivity index (χ4n) is 3.09. The van der Waals surface area contributed by atoms with Crippen LogP contribution in [0.1, 0.15) is 18.5 Å². The predicted molar refractivity (Wildman–Crippen MR) is 107 cm³/mol. The molecule has 0 fully saturated rings. The number of alkyl halides is 3. The molecule has 4 aromatic rings. The SMILES string of the molecule is CC(CO)n1cnc2c(-c3cccnc3)nc(-c3ccc(C(F)(F)F)cn3)cc2c1=O. The van der Waals surface area contributed by atoms with Crippen LogP contribution in [0.2, 0.25) is 0 Å². The van der Waals surface area contributed by atoms with Gasteiger partial charge in [-0.3, -0.25) is 19.3 Å². The summed E-state index contributed by atoms with van der Waals surface area (Å²) in [4.78, 5) is 29.9. The highest BCUT2D eigenvalue weighted by Gasteiger charge is 2.30. The lowest BCUT2D eigenvalue weighted by atomic mass is 10.1. The summed E-state index contributed by atoms with van der Waals surface area (Å²) in [6.07, 6.45) is 0.677. The van der Waals surface area contributed by atoms with Gasteiger partial charge in [-0.2, -0.15) is 13.2 Å². The van der Waals surface area contributed by atoms with E-state index in [0.717, 1.165) is 12.3 Å². The second kappa shape index (κ2) is 7.88. The van der Waals surface area contributed by atoms with E-state index in [1.165, 1.54) is 23.0 Å². The molecule has 7 nitrogen and oxygen atoms in total. The van der Waals surface area contributed by atoms with E-state index in [9.17, 15) is 23.1 Å². The third kappa shape index (κ3) is 3.89. The molecule has 1 atom stereocenters. The van der Waals surface area contributed by atoms with Gasteiger partial charge >= 0.3 is 6.18 Å². The number of halogens is 3. The minimum atomic E-state index is -4.51. The summed E-state index contributed by atoms with van der Waals surface area (Å²) in [6.45, 7) is 1.40. The first kappa shape index (κ1) is 20.6. The first-order valence-corrected chi connectivity index (χ1v) is 9.26. The summed E-state index contributed by atoms with van der Waals surface area (Å²) in [5.74, 6) is 0. The average Bonchev–Trinajstić information content (AvgIpc) is 2.78. The lowest BCUT2D eigenvalue weighted by molar-refractivity contribution is -0.137. The molecule has 0 aliphatic heterocycles. The van der Waals surface area contributed by atoms with Crippen molar-refractivity contribution in [1.82, 2.24) is 24.5 Å². The van der Waals surface area contributed by atoms with Gasteiger partial charge in [0.15, 0.2) is 0 Å². The van der Waals surface area contributed by atoms with Crippen LogP contribution in [0.4, 0.5) is 13.2 Å². The van der Waals surface area contributed by atoms with E-state index < -0.39 is 23.3 Å². The van der Waals surface area contributed by atoms with Gasteiger partial charge in [0.05, 0.1) is 47.0 Å². The van der Waals surface area contributed by atoms with Gasteiger partial charge in [-0.1, -0.05) is 0 Å². The summed E-state index contributed by atoms with van der Waals surface area (Å²) in [5, 5.41) is 9.63. The smallest absolute Gasteiger partial charge is 0.394 e. The number of aliphatic hydroxyl groups excluding tert-OH is 1. The van der Waals surface area contributed by atoms with Crippen LogP contribution in [-0.4, -0.2) is 36.2 Å². The zero-order valence-corrected chi connectivity index (χ0v) is 16.2. The largest absolute Gasteiger partial charge is 0.417 e. The van der Waals surface area contributed by atoms with E-state index in [4.69, 9.17) is 0 Å². The maximum Gasteiger partial charge on any atom is 0.417 e. The Bertz CT molecular complexity index is 1290. The van der Waals surface area contributed by atoms with E-state index in [2.05, 4.69) is 19.9 Å². The van der Waals surface area contributed by atoms with Crippen molar-refractivity contribution in [2.75, 3.05) is 6.61 Å². The van der Waals surface area contributed by atoms with Gasteiger partial charge in [-0.05, 0) is 37.3 Å². The Hall–Kier alpha value is -3.66. The lowest BCUT2D eigenvalue weighted by Crippen LogP contribution is -2.26. The van der Waals surface area contributed by atoms with Gasteiger partial charge in [0.1, 0.15) is 5.52 Å². The molecule has 0 amide bonds. The van der Waals surface area contributed by atoms with E-state index in [-0.39, 0.29) is 23.4 Å². The van der Waals surface area contributed by atoms with Gasteiger partial charge in [0, 0.05) is 24.2 Å². The van der Waals surface area contributed by atoms with Crippen molar-refractivity contribution in [2.45, 2.75) is 19.1 Å². The van der Waals surface area contributed by atoms with Gasteiger partial charge in [0.25, 0.3) is 5.56 Å². The third-order valence-electron chi connectivity index (χ3n) is 4.80. The van der Waals surface area contributed by atoms with Crippen LogP contribution in [0.15, 0.2) is 60.0 Å². The number of fused-ring (bicyclic) bond motifs is 1. The standard InChI is InChI=1S/C21H16F3N5O2/c1-12(10-30)29-11-27-19-15(20(29)31)7-17(28-18(19)13-3-2-6-25-8-13)16-5-4-14(9-26-16)21(22,23)24/h2-9,11-12,30H,10H2,1H3. The van der Waals surface area contributed by atoms with Crippen LogP contribution < -0.4 is 5.56 Å². The summed E-state index contributed by atoms with van der Waals surface area (Å²) < 4.78 is 40.0. The van der Waals surface area contributed by atoms with Gasteiger partial charge in [0.2, 0.25) is 0 Å². The molecule has 0 aromatic carbocycles. The molecule has 10 heteroatoms. The van der Waals surface area contributed by atoms with Gasteiger partial charge in [-0.15, -0.1) is 0 Å². The topological polar surface area (TPSA) is 93.8 Å². The van der Waals surface area contributed by atoms with Gasteiger partial charge in [-0.25, -0.2) is 9.97 Å². The number of nitrogens with zero attached hydrogens (tertiary/aromatic N) is 5. The van der Waals surface area contributed by atoms with Crippen molar-refractivity contribution in [3.05, 3.63) is 71.2 Å². The quantitative estimate of drug-likeness (QED) is 0.536. The number of hydrogen-bond acceptors (Lipinski definition) is 6. The van der Waals surface area contributed by atoms with E-state index >= 15 is 0 Å². The van der Waals surface area contributed by atoms with Crippen LogP contribution in [0, 0.1) is 0 Å². The van der Waals surface area contributed by atoms with Crippen LogP contribution in [0.3, 0.4) is 0 Å². The van der Waals surface area contributed by atoms with E-state index in [1.807, 2.05) is 0 Å². The van der Waals surface area contributed by atoms with Crippen molar-refractivity contribution in [3.8, 4) is 22.6 Å². The fraction of sp³-hybridized carbons (Fsp3) is 0.190. The number of hydrogen-bond donors (Lipinski definition) is 1. The van der Waals surface area contributed by atoms with Crippen molar-refractivity contribution in [2.24, 2.45) is 0 Å². The third-order valence-corrected chi connectivity index (χ3v) is 4.80. The van der Waals surface area contributed by atoms with Crippen molar-refractivity contribution in [3.63, 3.8) is 0 Å². The molecule has 0 saturated heterocycles. The average molecular weight is 427 g/mol. The molecule has 0 saturated carbocycles. The lowest BCUT2D eigenvalue weighted by Gasteiger charge is -2.14. The molecular formula is C21H16F3N5O2. The molecule has 0 spiro atoms. The van der Waals surface area contributed by atoms with Crippen LogP contribution in [0.25, 0.3) is 33.5 Å². The molecule has 158 valence electrons. The molecule has 0 radical (unpaired) electrons. The predicted octanol–water partition coefficient (Wildman–Crippen LogP) is 3.49. The highest BCUT2D eigenvalue weighted by molar-refractivity contribution is 5.93. The molecule has 0 bridgehead atoms. The van der Waals surface area contributed by atoms with Gasteiger partial charge < -0.3 is 5.11 Å². The molecule has 0 aliphatic rings. The maximum absolute atomic E-state index is 13.1. The molecule has 1 unspecified atom stereocenters. The Morgan fingerprint density at radius 3 is 2.55 bits per heavy atom. The summed E-state index contributed by atoms with van der Waals surface area (Å²) in [5.41, 5.74) is 0.343. The Labute approximate surface area is 173 Å². The number of rotatable bonds is 4. The highest BCUT2D eigenvalue weighted by Crippen LogP contribution is 2.31. The Balaban J connectivity index is 1.98. The highest BCUT2D eigenvalue weighted by atomic mass is 19.4. The maximum atomic E-state index is 13.1. The molecular weight excluding hydrogens is 411 g/mol. The molecule has 4 aromatic heterocycles. The first-order chi connectivity index (χ1) is 14.8. The minimum Gasteiger partial charge on any atom is -0.394 e. The Morgan fingerprint density at radius 2 is 1.94 bits per heavy atom. The Kier molecular flexibility index (Phi) is 5.24. The second-order valence-corrected chi connectivity index (χ2v) is 6.91. The molecule has 4 heterocycles. The zero-order valence-electron chi connectivity index (χ0n) is 16.2. The molecule has 1 N–H and O–H groups in total. The molecule has 4 rings (SSSR count). The van der Waals surface area contributed by atoms with Crippen LogP contribution in [-0.2, 0) is 6.18 Å². The summed E-state index contributed by atoms with van der Waals surface area (Å²) in [6, 6.07) is 6.49. The van der Waals surface area contributed by atoms with Crippen molar-refractivity contribution < 1.29 is 18.3 Å².